The van der Waals surface area contributed by atoms with E-state index in [1.165, 1.54) is 24.8 Å². The van der Waals surface area contributed by atoms with E-state index >= 15 is 0 Å². The highest BCUT2D eigenvalue weighted by Crippen LogP contribution is 2.29. The van der Waals surface area contributed by atoms with E-state index in [0.717, 1.165) is 12.2 Å². The van der Waals surface area contributed by atoms with E-state index in [9.17, 15) is 10.1 Å². The van der Waals surface area contributed by atoms with Crippen molar-refractivity contribution >= 4 is 11.4 Å². The molecule has 0 amide bonds. The van der Waals surface area contributed by atoms with Crippen LogP contribution >= 0.6 is 0 Å². The first-order valence-corrected chi connectivity index (χ1v) is 6.73. The van der Waals surface area contributed by atoms with Crippen LogP contribution in [0.2, 0.25) is 0 Å². The Labute approximate surface area is 123 Å². The lowest BCUT2D eigenvalue weighted by atomic mass is 10.0. The molecule has 2 rings (SSSR count). The van der Waals surface area contributed by atoms with Crippen molar-refractivity contribution in [2.45, 2.75) is 12.8 Å². The number of ether oxygens (including phenoxy) is 1. The fraction of sp³-hybridized carbons (Fsp3) is 0.250. The summed E-state index contributed by atoms with van der Waals surface area (Å²) in [6.45, 7) is 2.85. The van der Waals surface area contributed by atoms with Gasteiger partial charge in [0.05, 0.1) is 23.8 Å². The van der Waals surface area contributed by atoms with Gasteiger partial charge in [0.2, 0.25) is 0 Å². The van der Waals surface area contributed by atoms with Gasteiger partial charge in [-0.2, -0.15) is 0 Å². The van der Waals surface area contributed by atoms with Gasteiger partial charge in [-0.05, 0) is 17.5 Å². The van der Waals surface area contributed by atoms with Crippen LogP contribution in [0, 0.1) is 10.1 Å². The van der Waals surface area contributed by atoms with Gasteiger partial charge in [-0.3, -0.25) is 10.1 Å². The number of nitrogens with one attached hydrogen (secondary N) is 1. The molecule has 21 heavy (non-hydrogen) atoms. The average Bonchev–Trinajstić information content (AvgIpc) is 2.53. The van der Waals surface area contributed by atoms with Gasteiger partial charge in [0.1, 0.15) is 5.75 Å². The van der Waals surface area contributed by atoms with Gasteiger partial charge in [0.15, 0.2) is 0 Å². The van der Waals surface area contributed by atoms with Gasteiger partial charge in [0, 0.05) is 12.6 Å². The molecular weight excluding hydrogens is 268 g/mol. The van der Waals surface area contributed by atoms with E-state index in [4.69, 9.17) is 4.74 Å². The lowest BCUT2D eigenvalue weighted by Crippen LogP contribution is -2.10. The van der Waals surface area contributed by atoms with Gasteiger partial charge in [-0.15, -0.1) is 0 Å². The van der Waals surface area contributed by atoms with E-state index in [0.29, 0.717) is 11.7 Å². The smallest absolute Gasteiger partial charge is 0.273 e. The number of hydrogen-bond acceptors (Lipinski definition) is 4. The summed E-state index contributed by atoms with van der Waals surface area (Å²) in [5.74, 6) is 0.801. The SMILES string of the molecule is COc1cc([N+](=O)[O-])ccc1NCC(C)c1ccccc1. The van der Waals surface area contributed by atoms with E-state index in [2.05, 4.69) is 24.4 Å². The van der Waals surface area contributed by atoms with Crippen molar-refractivity contribution in [1.82, 2.24) is 0 Å². The number of nitro benzene ring substituents is 1. The van der Waals surface area contributed by atoms with Crippen LogP contribution in [0.3, 0.4) is 0 Å². The van der Waals surface area contributed by atoms with Crippen LogP contribution in [0.5, 0.6) is 5.75 Å². The summed E-state index contributed by atoms with van der Waals surface area (Å²) in [5.41, 5.74) is 2.02. The number of nitro groups is 1. The Kier molecular flexibility index (Phi) is 4.77. The summed E-state index contributed by atoms with van der Waals surface area (Å²) in [4.78, 5) is 10.3. The van der Waals surface area contributed by atoms with Gasteiger partial charge >= 0.3 is 0 Å². The highest BCUT2D eigenvalue weighted by Gasteiger charge is 2.12. The van der Waals surface area contributed by atoms with E-state index < -0.39 is 4.92 Å². The third-order valence-electron chi connectivity index (χ3n) is 3.36. The molecule has 5 heteroatoms. The summed E-state index contributed by atoms with van der Waals surface area (Å²) < 4.78 is 5.21. The Morgan fingerprint density at radius 3 is 2.57 bits per heavy atom. The standard InChI is InChI=1S/C16H18N2O3/c1-12(13-6-4-3-5-7-13)11-17-15-9-8-14(18(19)20)10-16(15)21-2/h3-10,12,17H,11H2,1-2H3. The van der Waals surface area contributed by atoms with Crippen molar-refractivity contribution < 1.29 is 9.66 Å². The Morgan fingerprint density at radius 1 is 1.24 bits per heavy atom. The third-order valence-corrected chi connectivity index (χ3v) is 3.36. The van der Waals surface area contributed by atoms with Crippen molar-refractivity contribution in [2.24, 2.45) is 0 Å². The molecular formula is C16H18N2O3. The molecule has 0 bridgehead atoms. The van der Waals surface area contributed by atoms with Crippen LogP contribution in [0.15, 0.2) is 48.5 Å². The highest BCUT2D eigenvalue weighted by molar-refractivity contribution is 5.60. The zero-order chi connectivity index (χ0) is 15.2. The number of hydrogen-bond donors (Lipinski definition) is 1. The quantitative estimate of drug-likeness (QED) is 0.647. The third kappa shape index (κ3) is 3.72. The first-order chi connectivity index (χ1) is 10.1. The molecule has 1 N–H and O–H groups in total. The minimum Gasteiger partial charge on any atom is -0.494 e. The molecule has 1 atom stereocenters. The zero-order valence-electron chi connectivity index (χ0n) is 12.1. The molecule has 1 unspecified atom stereocenters. The van der Waals surface area contributed by atoms with Crippen molar-refractivity contribution in [1.29, 1.82) is 0 Å². The summed E-state index contributed by atoms with van der Waals surface area (Å²) in [6.07, 6.45) is 0. The van der Waals surface area contributed by atoms with Crippen molar-refractivity contribution in [3.63, 3.8) is 0 Å². The molecule has 0 aliphatic rings. The van der Waals surface area contributed by atoms with Gasteiger partial charge in [0.25, 0.3) is 5.69 Å². The molecule has 0 fully saturated rings. The highest BCUT2D eigenvalue weighted by atomic mass is 16.6. The average molecular weight is 286 g/mol. The largest absolute Gasteiger partial charge is 0.494 e. The van der Waals surface area contributed by atoms with E-state index in [-0.39, 0.29) is 5.69 Å². The predicted molar refractivity (Wildman–Crippen MR) is 83.0 cm³/mol. The molecule has 2 aromatic carbocycles. The lowest BCUT2D eigenvalue weighted by Gasteiger charge is -2.15. The van der Waals surface area contributed by atoms with E-state index in [1.54, 1.807) is 6.07 Å². The summed E-state index contributed by atoms with van der Waals surface area (Å²) >= 11 is 0. The van der Waals surface area contributed by atoms with Crippen molar-refractivity contribution in [3.05, 3.63) is 64.2 Å². The monoisotopic (exact) mass is 286 g/mol. The number of anilines is 1. The number of benzene rings is 2. The molecule has 2 aromatic rings. The molecule has 0 aliphatic heterocycles. The number of rotatable bonds is 6. The number of non-ortho nitro benzene ring substituents is 1. The van der Waals surface area contributed by atoms with Crippen LogP contribution in [0.25, 0.3) is 0 Å². The fourth-order valence-electron chi connectivity index (χ4n) is 2.10. The van der Waals surface area contributed by atoms with Gasteiger partial charge < -0.3 is 10.1 Å². The molecule has 110 valence electrons. The molecule has 0 spiro atoms. The van der Waals surface area contributed by atoms with Crippen molar-refractivity contribution in [2.75, 3.05) is 19.0 Å². The maximum Gasteiger partial charge on any atom is 0.273 e. The van der Waals surface area contributed by atoms with Crippen LogP contribution < -0.4 is 10.1 Å². The fourth-order valence-corrected chi connectivity index (χ4v) is 2.10. The Bertz CT molecular complexity index is 614. The lowest BCUT2D eigenvalue weighted by molar-refractivity contribution is -0.384. The maximum atomic E-state index is 10.8. The molecule has 0 aliphatic carbocycles. The van der Waals surface area contributed by atoms with E-state index in [1.807, 2.05) is 18.2 Å². The normalized spacial score (nSPS) is 11.7. The van der Waals surface area contributed by atoms with Crippen LogP contribution in [0.1, 0.15) is 18.4 Å². The number of methoxy groups -OCH3 is 1. The first kappa shape index (κ1) is 14.8. The predicted octanol–water partition coefficient (Wildman–Crippen LogP) is 3.82. The Balaban J connectivity index is 2.08. The minimum absolute atomic E-state index is 0.0218. The Morgan fingerprint density at radius 2 is 1.95 bits per heavy atom. The summed E-state index contributed by atoms with van der Waals surface area (Å²) in [7, 11) is 1.50. The Hall–Kier alpha value is -2.56. The van der Waals surface area contributed by atoms with Gasteiger partial charge in [-0.1, -0.05) is 37.3 Å². The van der Waals surface area contributed by atoms with Crippen LogP contribution in [-0.2, 0) is 0 Å². The second kappa shape index (κ2) is 6.74. The molecule has 0 saturated heterocycles. The molecule has 0 heterocycles. The molecule has 5 nitrogen and oxygen atoms in total. The second-order valence-electron chi connectivity index (χ2n) is 4.83. The minimum atomic E-state index is -0.432. The number of nitrogens with zero attached hydrogens (tertiary/aromatic N) is 1. The molecule has 0 aromatic heterocycles. The molecule has 0 saturated carbocycles. The first-order valence-electron chi connectivity index (χ1n) is 6.73. The molecule has 0 radical (unpaired) electrons. The summed E-state index contributed by atoms with van der Waals surface area (Å²) in [5, 5.41) is 14.0. The topological polar surface area (TPSA) is 64.4 Å². The second-order valence-corrected chi connectivity index (χ2v) is 4.83. The van der Waals surface area contributed by atoms with Gasteiger partial charge in [-0.25, -0.2) is 0 Å². The van der Waals surface area contributed by atoms with Crippen LogP contribution in [-0.4, -0.2) is 18.6 Å². The maximum absolute atomic E-state index is 10.8. The van der Waals surface area contributed by atoms with Crippen molar-refractivity contribution in [3.8, 4) is 5.75 Å². The zero-order valence-corrected chi connectivity index (χ0v) is 12.1. The summed E-state index contributed by atoms with van der Waals surface area (Å²) in [6, 6.07) is 14.8. The van der Waals surface area contributed by atoms with Crippen LogP contribution in [0.4, 0.5) is 11.4 Å².